The van der Waals surface area contributed by atoms with Crippen molar-refractivity contribution in [1.82, 2.24) is 25.2 Å². The van der Waals surface area contributed by atoms with Gasteiger partial charge in [0.15, 0.2) is 5.72 Å². The number of phenols is 1. The summed E-state index contributed by atoms with van der Waals surface area (Å²) < 4.78 is 30.6. The van der Waals surface area contributed by atoms with E-state index in [1.807, 2.05) is 29.2 Å². The lowest BCUT2D eigenvalue weighted by Crippen LogP contribution is -2.54. The molecule has 1 saturated heterocycles. The number of ether oxygens (including phenoxy) is 5. The van der Waals surface area contributed by atoms with Crippen LogP contribution in [0.15, 0.2) is 71.2 Å². The summed E-state index contributed by atoms with van der Waals surface area (Å²) in [6, 6.07) is 14.2. The van der Waals surface area contributed by atoms with Crippen LogP contribution in [0.4, 0.5) is 4.79 Å². The van der Waals surface area contributed by atoms with Crippen molar-refractivity contribution in [1.29, 1.82) is 0 Å². The van der Waals surface area contributed by atoms with E-state index in [0.717, 1.165) is 37.9 Å². The Labute approximate surface area is 383 Å². The van der Waals surface area contributed by atoms with Crippen molar-refractivity contribution in [2.45, 2.75) is 88.7 Å². The number of nitrogens with two attached hydrogens (primary N) is 2. The maximum atomic E-state index is 14.2. The lowest BCUT2D eigenvalue weighted by Gasteiger charge is -2.54. The highest BCUT2D eigenvalue weighted by Gasteiger charge is 2.76. The predicted octanol–water partition coefficient (Wildman–Crippen LogP) is 3.43. The van der Waals surface area contributed by atoms with E-state index in [1.54, 1.807) is 17.8 Å². The quantitative estimate of drug-likeness (QED) is 0.0964. The summed E-state index contributed by atoms with van der Waals surface area (Å²) in [5, 5.41) is 33.0. The van der Waals surface area contributed by atoms with E-state index in [4.69, 9.17) is 35.2 Å². The molecule has 3 aromatic rings. The van der Waals surface area contributed by atoms with Crippen LogP contribution < -0.4 is 21.5 Å². The Kier molecular flexibility index (Phi) is 11.7. The van der Waals surface area contributed by atoms with Crippen LogP contribution in [0.2, 0.25) is 0 Å². The first-order valence-corrected chi connectivity index (χ1v) is 23.4. The number of allylic oxidation sites excluding steroid dienone is 2. The van der Waals surface area contributed by atoms with Gasteiger partial charge in [-0.25, -0.2) is 9.48 Å². The summed E-state index contributed by atoms with van der Waals surface area (Å²) in [5.41, 5.74) is 15.9. The number of aromatic hydroxyl groups is 1. The highest BCUT2D eigenvalue weighted by Crippen LogP contribution is 2.66. The third-order valence-corrected chi connectivity index (χ3v) is 16.4. The number of methoxy groups -OCH3 is 1. The van der Waals surface area contributed by atoms with Crippen molar-refractivity contribution in [2.24, 2.45) is 46.5 Å². The number of nitrogens with one attached hydrogen (secondary N) is 1. The van der Waals surface area contributed by atoms with Crippen molar-refractivity contribution < 1.29 is 48.3 Å². The second-order valence-electron chi connectivity index (χ2n) is 19.5. The average molecular weight is 908 g/mol. The van der Waals surface area contributed by atoms with Crippen molar-refractivity contribution in [3.05, 3.63) is 93.6 Å². The van der Waals surface area contributed by atoms with Crippen LogP contribution in [0.1, 0.15) is 73.8 Å². The minimum absolute atomic E-state index is 0.0996. The molecule has 17 heteroatoms. The number of aromatic nitrogens is 3. The molecule has 3 heterocycles. The van der Waals surface area contributed by atoms with E-state index in [2.05, 4.69) is 40.8 Å². The van der Waals surface area contributed by atoms with Crippen molar-refractivity contribution in [3.8, 4) is 11.5 Å². The maximum Gasteiger partial charge on any atom is 0.404 e. The molecule has 1 aromatic heterocycles. The lowest BCUT2D eigenvalue weighted by atomic mass is 9.51. The summed E-state index contributed by atoms with van der Waals surface area (Å²) in [5.74, 6) is 1.28. The van der Waals surface area contributed by atoms with Gasteiger partial charge in [-0.05, 0) is 109 Å². The van der Waals surface area contributed by atoms with Crippen LogP contribution in [-0.2, 0) is 48.0 Å². The first-order chi connectivity index (χ1) is 31.8. The number of aryl methyl sites for hydroxylation is 1. The van der Waals surface area contributed by atoms with E-state index in [0.29, 0.717) is 75.3 Å². The van der Waals surface area contributed by atoms with Crippen LogP contribution in [0, 0.1) is 35.0 Å². The number of primary amides is 1. The number of aliphatic hydroxyl groups excluding tert-OH is 1. The fourth-order valence-electron chi connectivity index (χ4n) is 13.2. The molecule has 2 aromatic carbocycles. The first kappa shape index (κ1) is 44.5. The number of amides is 1. The van der Waals surface area contributed by atoms with E-state index in [-0.39, 0.29) is 82.6 Å². The highest BCUT2D eigenvalue weighted by molar-refractivity contribution is 6.25. The molecule has 7 N–H and O–H groups in total. The minimum Gasteiger partial charge on any atom is -0.508 e. The van der Waals surface area contributed by atoms with Gasteiger partial charge < -0.3 is 55.6 Å². The van der Waals surface area contributed by atoms with Gasteiger partial charge in [0.05, 0.1) is 69.1 Å². The molecule has 0 bridgehead atoms. The van der Waals surface area contributed by atoms with Crippen LogP contribution in [0.25, 0.3) is 0 Å². The summed E-state index contributed by atoms with van der Waals surface area (Å²) in [6.45, 7) is 6.71. The SMILES string of the molecule is CO[C@@]12[C@H](COC(N)=O)C3=C(C(=O)C(C)=C(NCc4cn(CCOCCOCCOc5ccc([C@H]6C[C@@]7(C)C(CC[C@@H]7O)C7CCc8cc(O)ccc8C76)cc5)nn4)C3=O)N1C[C@@H]1C(N)[C@@H]12. The zero-order chi connectivity index (χ0) is 46.1. The molecule has 0 spiro atoms. The van der Waals surface area contributed by atoms with Gasteiger partial charge in [-0.1, -0.05) is 30.3 Å². The van der Waals surface area contributed by atoms with E-state index in [9.17, 15) is 24.6 Å². The fraction of sp³-hybridized carbons (Fsp3) is 0.571. The Morgan fingerprint density at radius 2 is 1.77 bits per heavy atom. The van der Waals surface area contributed by atoms with Gasteiger partial charge in [0.2, 0.25) is 11.6 Å². The molecule has 352 valence electrons. The monoisotopic (exact) mass is 907 g/mol. The third kappa shape index (κ3) is 7.37. The number of Topliss-reactive ketones (excluding diaryl/α,β-unsaturated/α-hetero) is 2. The Morgan fingerprint density at radius 3 is 2.55 bits per heavy atom. The molecule has 1 amide bonds. The summed E-state index contributed by atoms with van der Waals surface area (Å²) in [4.78, 5) is 41.6. The van der Waals surface area contributed by atoms with Gasteiger partial charge in [-0.2, -0.15) is 0 Å². The predicted molar refractivity (Wildman–Crippen MR) is 237 cm³/mol. The van der Waals surface area contributed by atoms with Gasteiger partial charge in [0, 0.05) is 42.7 Å². The second-order valence-corrected chi connectivity index (χ2v) is 19.5. The third-order valence-electron chi connectivity index (χ3n) is 16.4. The Bertz CT molecular complexity index is 2450. The summed E-state index contributed by atoms with van der Waals surface area (Å²) >= 11 is 0. The maximum absolute atomic E-state index is 14.2. The number of ketones is 2. The normalized spacial score (nSPS) is 32.7. The van der Waals surface area contributed by atoms with E-state index in [1.165, 1.54) is 23.8 Å². The molecule has 17 nitrogen and oxygen atoms in total. The molecule has 5 aliphatic carbocycles. The van der Waals surface area contributed by atoms with Crippen molar-refractivity contribution >= 4 is 17.7 Å². The molecule has 2 aliphatic heterocycles. The fourth-order valence-corrected chi connectivity index (χ4v) is 13.2. The van der Waals surface area contributed by atoms with Gasteiger partial charge >= 0.3 is 6.09 Å². The molecule has 66 heavy (non-hydrogen) atoms. The highest BCUT2D eigenvalue weighted by atomic mass is 16.6. The molecule has 4 fully saturated rings. The molecule has 4 unspecified atom stereocenters. The number of benzene rings is 2. The van der Waals surface area contributed by atoms with Crippen LogP contribution in [0.3, 0.4) is 0 Å². The van der Waals surface area contributed by atoms with Crippen molar-refractivity contribution in [2.75, 3.05) is 53.3 Å². The largest absolute Gasteiger partial charge is 0.508 e. The van der Waals surface area contributed by atoms with Crippen LogP contribution >= 0.6 is 0 Å². The lowest BCUT2D eigenvalue weighted by molar-refractivity contribution is -0.147. The number of rotatable bonds is 17. The Hall–Kier alpha value is -5.33. The first-order valence-electron chi connectivity index (χ1n) is 23.4. The number of aliphatic hydroxyl groups is 1. The Balaban J connectivity index is 0.660. The Morgan fingerprint density at radius 1 is 1.00 bits per heavy atom. The average Bonchev–Trinajstić information content (AvgIpc) is 3.70. The molecule has 10 rings (SSSR count). The van der Waals surface area contributed by atoms with Gasteiger partial charge in [0.1, 0.15) is 30.4 Å². The number of fused-ring (bicyclic) bond motifs is 9. The van der Waals surface area contributed by atoms with Crippen molar-refractivity contribution in [3.63, 3.8) is 0 Å². The van der Waals surface area contributed by atoms with Crippen LogP contribution in [-0.4, -0.2) is 119 Å². The second kappa shape index (κ2) is 17.4. The number of carbonyl (C=O) groups excluding carboxylic acids is 3. The molecular formula is C49H61N7O10. The van der Waals surface area contributed by atoms with Gasteiger partial charge in [-0.3, -0.25) is 9.59 Å². The number of piperidine rings is 1. The number of phenolic OH excluding ortho intramolecular Hbond substituents is 1. The minimum atomic E-state index is -1.09. The molecule has 7 aliphatic rings. The standard InChI is InChI=1S/C49H61N7O10/c1-26-43(46(60)40-37(25-66-47(51)61)49(62-3)41-35(42(41)50)24-56(49)44(40)45(26)59)52-22-29-23-55(54-53-29)14-15-63-16-17-64-18-19-65-31-8-4-27(5-9-31)34-21-48(2)36(12-13-38(48)58)33-10-6-28-20-30(57)7-11-32(28)39(33)34/h4-5,7-9,11,20,23,33-39,41-42,52,57-58H,6,10,12-19,21-22,24-25,50H2,1-3H3,(H2,51,61)/t33?,34-,35+,36?,37-,38+,39?,41-,42?,48+,49-/m1/s1. The van der Waals surface area contributed by atoms with E-state index >= 15 is 0 Å². The zero-order valence-electron chi connectivity index (χ0n) is 37.8. The smallest absolute Gasteiger partial charge is 0.404 e. The number of nitrogens with zero attached hydrogens (tertiary/aromatic N) is 4. The summed E-state index contributed by atoms with van der Waals surface area (Å²) in [7, 11) is 1.53. The molecular weight excluding hydrogens is 847 g/mol. The van der Waals surface area contributed by atoms with E-state index < -0.39 is 17.7 Å². The number of hydrogen-bond acceptors (Lipinski definition) is 15. The van der Waals surface area contributed by atoms with Crippen LogP contribution in [0.5, 0.6) is 11.5 Å². The molecule has 11 atom stereocenters. The van der Waals surface area contributed by atoms with Gasteiger partial charge in [0.25, 0.3) is 0 Å². The summed E-state index contributed by atoms with van der Waals surface area (Å²) in [6.07, 6.45) is 5.43. The topological polar surface area (TPSA) is 236 Å². The molecule has 3 saturated carbocycles. The number of carbonyl (C=O) groups is 3. The van der Waals surface area contributed by atoms with Gasteiger partial charge in [-0.15, -0.1) is 5.10 Å². The zero-order valence-corrected chi connectivity index (χ0v) is 37.8. The molecule has 0 radical (unpaired) electrons. The number of hydrogen-bond donors (Lipinski definition) is 5.